The number of anilines is 1. The number of aromatic nitrogens is 2. The third kappa shape index (κ3) is 2.92. The molecular weight excluding hydrogens is 298 g/mol. The number of hydrogen-bond acceptors (Lipinski definition) is 5. The van der Waals surface area contributed by atoms with E-state index in [2.05, 4.69) is 22.2 Å². The number of carbonyl (C=O) groups is 1. The molecule has 2 aromatic heterocycles. The molecule has 1 aliphatic carbocycles. The van der Waals surface area contributed by atoms with E-state index in [9.17, 15) is 4.79 Å². The zero-order chi connectivity index (χ0) is 15.7. The van der Waals surface area contributed by atoms with Gasteiger partial charge in [0.05, 0.1) is 5.39 Å². The Labute approximate surface area is 133 Å². The Bertz CT molecular complexity index is 711. The fourth-order valence-corrected chi connectivity index (χ4v) is 4.55. The average molecular weight is 319 g/mol. The topological polar surface area (TPSA) is 75.1 Å². The molecule has 118 valence electrons. The van der Waals surface area contributed by atoms with Crippen molar-refractivity contribution in [3.8, 4) is 0 Å². The maximum Gasteiger partial charge on any atom is 0.303 e. The summed E-state index contributed by atoms with van der Waals surface area (Å²) in [7, 11) is 0. The van der Waals surface area contributed by atoms with Crippen molar-refractivity contribution in [2.75, 3.05) is 11.9 Å². The number of nitrogens with zero attached hydrogens (tertiary/aromatic N) is 2. The molecule has 1 unspecified atom stereocenters. The maximum absolute atomic E-state index is 10.6. The third-order valence-electron chi connectivity index (χ3n) is 4.17. The number of aliphatic carboxylic acids is 1. The van der Waals surface area contributed by atoms with E-state index in [1.54, 1.807) is 11.3 Å². The van der Waals surface area contributed by atoms with Crippen LogP contribution in [0.25, 0.3) is 10.2 Å². The average Bonchev–Trinajstić information content (AvgIpc) is 2.82. The lowest BCUT2D eigenvalue weighted by atomic mass is 9.87. The molecule has 3 rings (SSSR count). The fourth-order valence-electron chi connectivity index (χ4n) is 3.17. The van der Waals surface area contributed by atoms with Crippen molar-refractivity contribution in [2.24, 2.45) is 0 Å². The van der Waals surface area contributed by atoms with Crippen molar-refractivity contribution < 1.29 is 9.90 Å². The van der Waals surface area contributed by atoms with Gasteiger partial charge in [-0.1, -0.05) is 6.92 Å². The van der Waals surface area contributed by atoms with E-state index in [1.807, 2.05) is 6.92 Å². The summed E-state index contributed by atoms with van der Waals surface area (Å²) in [6.07, 6.45) is 4.37. The maximum atomic E-state index is 10.6. The molecule has 1 atom stereocenters. The summed E-state index contributed by atoms with van der Waals surface area (Å²) < 4.78 is 0. The van der Waals surface area contributed by atoms with Crippen LogP contribution >= 0.6 is 11.3 Å². The van der Waals surface area contributed by atoms with Crippen LogP contribution in [0, 0.1) is 6.92 Å². The van der Waals surface area contributed by atoms with Gasteiger partial charge in [-0.25, -0.2) is 9.97 Å². The second-order valence-electron chi connectivity index (χ2n) is 5.96. The first kappa shape index (κ1) is 15.2. The number of carboxylic acid groups (broad SMARTS) is 1. The number of nitrogens with one attached hydrogen (secondary N) is 1. The summed E-state index contributed by atoms with van der Waals surface area (Å²) >= 11 is 1.79. The van der Waals surface area contributed by atoms with E-state index in [0.717, 1.165) is 28.3 Å². The number of fused-ring (bicyclic) bond motifs is 3. The van der Waals surface area contributed by atoms with Crippen LogP contribution in [0.5, 0.6) is 0 Å². The van der Waals surface area contributed by atoms with Crippen molar-refractivity contribution >= 4 is 33.3 Å². The molecule has 0 saturated heterocycles. The number of rotatable bonds is 5. The van der Waals surface area contributed by atoms with Gasteiger partial charge in [-0.05, 0) is 44.1 Å². The molecule has 0 aromatic carbocycles. The summed E-state index contributed by atoms with van der Waals surface area (Å²) in [5.74, 6) is 1.43. The van der Waals surface area contributed by atoms with Gasteiger partial charge in [-0.3, -0.25) is 4.79 Å². The lowest BCUT2D eigenvalue weighted by Crippen LogP contribution is -2.09. The minimum Gasteiger partial charge on any atom is -0.481 e. The standard InChI is InChI=1S/C16H21N3O2S/c1-9-5-3-6-11-13(9)14-15(17-8-4-7-12(20)21)18-10(2)19-16(14)22-11/h9H,3-8H2,1-2H3,(H,20,21)(H,17,18,19). The molecule has 0 aliphatic heterocycles. The van der Waals surface area contributed by atoms with Crippen molar-refractivity contribution in [3.05, 3.63) is 16.3 Å². The van der Waals surface area contributed by atoms with E-state index >= 15 is 0 Å². The molecule has 2 heterocycles. The quantitative estimate of drug-likeness (QED) is 0.822. The summed E-state index contributed by atoms with van der Waals surface area (Å²) in [5, 5.41) is 13.2. The molecule has 2 aromatic rings. The Hall–Kier alpha value is -1.69. The molecule has 6 heteroatoms. The van der Waals surface area contributed by atoms with Gasteiger partial charge < -0.3 is 10.4 Å². The van der Waals surface area contributed by atoms with Crippen LogP contribution in [0.3, 0.4) is 0 Å². The highest BCUT2D eigenvalue weighted by Crippen LogP contribution is 2.43. The highest BCUT2D eigenvalue weighted by molar-refractivity contribution is 7.19. The molecule has 1 aliphatic rings. The van der Waals surface area contributed by atoms with Crippen LogP contribution in [0.2, 0.25) is 0 Å². The molecule has 0 bridgehead atoms. The lowest BCUT2D eigenvalue weighted by Gasteiger charge is -2.19. The van der Waals surface area contributed by atoms with Crippen molar-refractivity contribution in [3.63, 3.8) is 0 Å². The monoisotopic (exact) mass is 319 g/mol. The Morgan fingerprint density at radius 3 is 3.05 bits per heavy atom. The van der Waals surface area contributed by atoms with Crippen molar-refractivity contribution in [1.29, 1.82) is 0 Å². The predicted molar refractivity (Wildman–Crippen MR) is 88.9 cm³/mol. The van der Waals surface area contributed by atoms with Gasteiger partial charge in [0, 0.05) is 17.8 Å². The van der Waals surface area contributed by atoms with Gasteiger partial charge in [-0.15, -0.1) is 11.3 Å². The Morgan fingerprint density at radius 1 is 1.45 bits per heavy atom. The second-order valence-corrected chi connectivity index (χ2v) is 7.04. The zero-order valence-corrected chi connectivity index (χ0v) is 13.8. The number of carboxylic acids is 1. The first-order valence-electron chi connectivity index (χ1n) is 7.82. The summed E-state index contributed by atoms with van der Waals surface area (Å²) in [5.41, 5.74) is 1.41. The van der Waals surface area contributed by atoms with E-state index in [4.69, 9.17) is 5.11 Å². The molecule has 0 spiro atoms. The SMILES string of the molecule is Cc1nc(NCCCC(=O)O)c2c3c(sc2n1)CCCC3C. The minimum absolute atomic E-state index is 0.179. The Kier molecular flexibility index (Phi) is 4.29. The molecule has 0 saturated carbocycles. The highest BCUT2D eigenvalue weighted by atomic mass is 32.1. The van der Waals surface area contributed by atoms with Gasteiger partial charge in [0.2, 0.25) is 0 Å². The molecule has 2 N–H and O–H groups in total. The van der Waals surface area contributed by atoms with Gasteiger partial charge in [-0.2, -0.15) is 0 Å². The van der Waals surface area contributed by atoms with E-state index in [0.29, 0.717) is 18.9 Å². The lowest BCUT2D eigenvalue weighted by molar-refractivity contribution is -0.137. The summed E-state index contributed by atoms with van der Waals surface area (Å²) in [4.78, 5) is 22.3. The summed E-state index contributed by atoms with van der Waals surface area (Å²) in [6.45, 7) is 4.80. The number of aryl methyl sites for hydroxylation is 2. The first-order chi connectivity index (χ1) is 10.6. The van der Waals surface area contributed by atoms with E-state index in [-0.39, 0.29) is 6.42 Å². The molecule has 5 nitrogen and oxygen atoms in total. The van der Waals surface area contributed by atoms with Crippen LogP contribution < -0.4 is 5.32 Å². The summed E-state index contributed by atoms with van der Waals surface area (Å²) in [6, 6.07) is 0. The van der Waals surface area contributed by atoms with Crippen LogP contribution in [0.4, 0.5) is 5.82 Å². The van der Waals surface area contributed by atoms with Crippen LogP contribution in [0.15, 0.2) is 0 Å². The van der Waals surface area contributed by atoms with Gasteiger partial charge in [0.25, 0.3) is 0 Å². The second kappa shape index (κ2) is 6.20. The smallest absolute Gasteiger partial charge is 0.303 e. The Balaban J connectivity index is 1.94. The molecule has 0 amide bonds. The molecular formula is C16H21N3O2S. The third-order valence-corrected chi connectivity index (χ3v) is 5.33. The van der Waals surface area contributed by atoms with Crippen LogP contribution in [-0.2, 0) is 11.2 Å². The normalized spacial score (nSPS) is 17.5. The number of thiophene rings is 1. The van der Waals surface area contributed by atoms with Gasteiger partial charge in [0.1, 0.15) is 16.5 Å². The minimum atomic E-state index is -0.757. The van der Waals surface area contributed by atoms with Crippen LogP contribution in [-0.4, -0.2) is 27.6 Å². The highest BCUT2D eigenvalue weighted by Gasteiger charge is 2.25. The first-order valence-corrected chi connectivity index (χ1v) is 8.63. The molecule has 0 radical (unpaired) electrons. The van der Waals surface area contributed by atoms with Crippen molar-refractivity contribution in [2.45, 2.75) is 51.9 Å². The van der Waals surface area contributed by atoms with Gasteiger partial charge in [0.15, 0.2) is 0 Å². The fraction of sp³-hybridized carbons (Fsp3) is 0.562. The van der Waals surface area contributed by atoms with E-state index in [1.165, 1.54) is 23.3 Å². The predicted octanol–water partition coefficient (Wildman–Crippen LogP) is 3.72. The number of hydrogen-bond donors (Lipinski definition) is 2. The molecule has 22 heavy (non-hydrogen) atoms. The molecule has 0 fully saturated rings. The zero-order valence-electron chi connectivity index (χ0n) is 13.0. The largest absolute Gasteiger partial charge is 0.481 e. The van der Waals surface area contributed by atoms with Crippen molar-refractivity contribution in [1.82, 2.24) is 9.97 Å². The van der Waals surface area contributed by atoms with E-state index < -0.39 is 5.97 Å². The van der Waals surface area contributed by atoms with Gasteiger partial charge >= 0.3 is 5.97 Å². The Morgan fingerprint density at radius 2 is 2.27 bits per heavy atom. The van der Waals surface area contributed by atoms with Crippen LogP contribution in [0.1, 0.15) is 54.8 Å².